The van der Waals surface area contributed by atoms with E-state index < -0.39 is 0 Å². The number of hydrogen-bond donors (Lipinski definition) is 0. The average Bonchev–Trinajstić information content (AvgIpc) is 3.08. The summed E-state index contributed by atoms with van der Waals surface area (Å²) < 4.78 is 5.01. The lowest BCUT2D eigenvalue weighted by molar-refractivity contribution is 0.684. The van der Waals surface area contributed by atoms with Crippen LogP contribution in [0.4, 0.5) is 5.13 Å². The van der Waals surface area contributed by atoms with Gasteiger partial charge in [-0.05, 0) is 13.8 Å². The molecule has 3 aromatic heterocycles. The summed E-state index contributed by atoms with van der Waals surface area (Å²) in [5.74, 6) is 0.948. The molecule has 7 nitrogen and oxygen atoms in total. The quantitative estimate of drug-likeness (QED) is 0.730. The first kappa shape index (κ1) is 13.0. The second-order valence-electron chi connectivity index (χ2n) is 4.75. The second-order valence-corrected chi connectivity index (χ2v) is 5.72. The van der Waals surface area contributed by atoms with Gasteiger partial charge >= 0.3 is 0 Å². The highest BCUT2D eigenvalue weighted by Crippen LogP contribution is 2.30. The summed E-state index contributed by atoms with van der Waals surface area (Å²) in [6.45, 7) is 5.66. The molecule has 0 radical (unpaired) electrons. The van der Waals surface area contributed by atoms with Gasteiger partial charge in [0.15, 0.2) is 16.6 Å². The van der Waals surface area contributed by atoms with Crippen LogP contribution in [0.5, 0.6) is 0 Å². The molecule has 0 aromatic carbocycles. The van der Waals surface area contributed by atoms with E-state index in [1.807, 2.05) is 30.3 Å². The van der Waals surface area contributed by atoms with Crippen LogP contribution in [0.25, 0.3) is 10.3 Å². The van der Waals surface area contributed by atoms with E-state index in [9.17, 15) is 0 Å². The van der Waals surface area contributed by atoms with Gasteiger partial charge in [0.1, 0.15) is 6.33 Å². The molecule has 0 amide bonds. The largest absolute Gasteiger partial charge is 0.344 e. The van der Waals surface area contributed by atoms with Gasteiger partial charge in [0, 0.05) is 20.6 Å². The molecule has 0 saturated carbocycles. The zero-order chi connectivity index (χ0) is 14.3. The van der Waals surface area contributed by atoms with Crippen molar-refractivity contribution in [2.24, 2.45) is 7.05 Å². The van der Waals surface area contributed by atoms with Crippen molar-refractivity contribution in [1.82, 2.24) is 29.5 Å². The zero-order valence-electron chi connectivity index (χ0n) is 12.0. The van der Waals surface area contributed by atoms with E-state index in [0.29, 0.717) is 6.54 Å². The summed E-state index contributed by atoms with van der Waals surface area (Å²) in [6.07, 6.45) is 1.76. The average molecular weight is 291 g/mol. The van der Waals surface area contributed by atoms with Gasteiger partial charge in [-0.2, -0.15) is 5.10 Å². The Kier molecular flexibility index (Phi) is 3.17. The fraction of sp³-hybridized carbons (Fsp3) is 0.500. The lowest BCUT2D eigenvalue weighted by Gasteiger charge is -2.15. The molecule has 3 aromatic rings. The Morgan fingerprint density at radius 3 is 2.90 bits per heavy atom. The number of fused-ring (bicyclic) bond motifs is 1. The first-order chi connectivity index (χ1) is 9.60. The van der Waals surface area contributed by atoms with E-state index in [1.54, 1.807) is 17.7 Å². The molecule has 0 aliphatic heterocycles. The Labute approximate surface area is 120 Å². The minimum absolute atomic E-state index is 0.695. The molecule has 0 saturated heterocycles. The molecule has 0 unspecified atom stereocenters. The van der Waals surface area contributed by atoms with Crippen molar-refractivity contribution in [2.75, 3.05) is 11.9 Å². The number of hydrogen-bond acceptors (Lipinski definition) is 6. The molecule has 106 valence electrons. The van der Waals surface area contributed by atoms with Gasteiger partial charge in [0.05, 0.1) is 16.9 Å². The Morgan fingerprint density at radius 1 is 1.40 bits per heavy atom. The summed E-state index contributed by atoms with van der Waals surface area (Å²) in [6, 6.07) is 0. The highest BCUT2D eigenvalue weighted by Gasteiger charge is 2.16. The summed E-state index contributed by atoms with van der Waals surface area (Å²) in [7, 11) is 3.95. The van der Waals surface area contributed by atoms with Crippen LogP contribution in [-0.2, 0) is 20.1 Å². The Morgan fingerprint density at radius 2 is 2.20 bits per heavy atom. The lowest BCUT2D eigenvalue weighted by atomic mass is 10.5. The number of thiazole rings is 1. The first-order valence-electron chi connectivity index (χ1n) is 6.48. The molecule has 8 heteroatoms. The molecule has 0 atom stereocenters. The predicted octanol–water partition coefficient (Wildman–Crippen LogP) is 1.59. The number of nitrogens with zero attached hydrogens (tertiary/aromatic N) is 7. The van der Waals surface area contributed by atoms with Crippen LogP contribution in [-0.4, -0.2) is 36.6 Å². The van der Waals surface area contributed by atoms with Crippen LogP contribution in [0, 0.1) is 6.92 Å². The summed E-state index contributed by atoms with van der Waals surface area (Å²) in [5, 5.41) is 13.5. The smallest absolute Gasteiger partial charge is 0.188 e. The van der Waals surface area contributed by atoms with Crippen molar-refractivity contribution in [3.8, 4) is 0 Å². The van der Waals surface area contributed by atoms with Crippen LogP contribution in [0.2, 0.25) is 0 Å². The molecule has 0 fully saturated rings. The van der Waals surface area contributed by atoms with Gasteiger partial charge < -0.3 is 9.47 Å². The molecule has 0 N–H and O–H groups in total. The van der Waals surface area contributed by atoms with E-state index in [-0.39, 0.29) is 0 Å². The van der Waals surface area contributed by atoms with E-state index >= 15 is 0 Å². The van der Waals surface area contributed by atoms with Gasteiger partial charge in [-0.1, -0.05) is 11.3 Å². The SMILES string of the molecule is CCn1cnnc1CN(C)c1nc2c(s1)c(C)nn2C. The van der Waals surface area contributed by atoms with Crippen molar-refractivity contribution in [1.29, 1.82) is 0 Å². The minimum Gasteiger partial charge on any atom is -0.344 e. The molecule has 0 spiro atoms. The Hall–Kier alpha value is -1.96. The zero-order valence-corrected chi connectivity index (χ0v) is 12.8. The third-order valence-electron chi connectivity index (χ3n) is 3.27. The van der Waals surface area contributed by atoms with Crippen LogP contribution in [0.1, 0.15) is 18.4 Å². The normalized spacial score (nSPS) is 11.4. The van der Waals surface area contributed by atoms with Gasteiger partial charge in [-0.15, -0.1) is 10.2 Å². The monoisotopic (exact) mass is 291 g/mol. The summed E-state index contributed by atoms with van der Waals surface area (Å²) >= 11 is 1.66. The van der Waals surface area contributed by atoms with E-state index in [0.717, 1.165) is 33.5 Å². The molecule has 20 heavy (non-hydrogen) atoms. The first-order valence-corrected chi connectivity index (χ1v) is 7.29. The van der Waals surface area contributed by atoms with Crippen molar-refractivity contribution in [3.05, 3.63) is 17.8 Å². The third kappa shape index (κ3) is 2.05. The minimum atomic E-state index is 0.695. The van der Waals surface area contributed by atoms with Crippen molar-refractivity contribution < 1.29 is 0 Å². The molecule has 3 heterocycles. The highest BCUT2D eigenvalue weighted by molar-refractivity contribution is 7.22. The van der Waals surface area contributed by atoms with Crippen molar-refractivity contribution >= 4 is 26.8 Å². The molecule has 0 aliphatic rings. The number of aromatic nitrogens is 6. The van der Waals surface area contributed by atoms with E-state index in [1.165, 1.54) is 0 Å². The van der Waals surface area contributed by atoms with Gasteiger partial charge in [-0.25, -0.2) is 9.67 Å². The third-order valence-corrected chi connectivity index (χ3v) is 4.54. The van der Waals surface area contributed by atoms with Gasteiger partial charge in [-0.3, -0.25) is 0 Å². The highest BCUT2D eigenvalue weighted by atomic mass is 32.1. The molecule has 0 bridgehead atoms. The second kappa shape index (κ2) is 4.86. The predicted molar refractivity (Wildman–Crippen MR) is 78.9 cm³/mol. The fourth-order valence-electron chi connectivity index (χ4n) is 2.18. The Bertz CT molecular complexity index is 704. The summed E-state index contributed by atoms with van der Waals surface area (Å²) in [5.41, 5.74) is 1.96. The van der Waals surface area contributed by atoms with Crippen molar-refractivity contribution in [3.63, 3.8) is 0 Å². The maximum Gasteiger partial charge on any atom is 0.188 e. The van der Waals surface area contributed by atoms with Gasteiger partial charge in [0.2, 0.25) is 0 Å². The maximum atomic E-state index is 4.66. The lowest BCUT2D eigenvalue weighted by Crippen LogP contribution is -2.19. The molecule has 0 aliphatic carbocycles. The van der Waals surface area contributed by atoms with Crippen molar-refractivity contribution in [2.45, 2.75) is 26.9 Å². The fourth-order valence-corrected chi connectivity index (χ4v) is 3.18. The standard InChI is InChI=1S/C12H17N7S/c1-5-19-7-13-15-9(19)6-17(3)12-14-11-10(20-12)8(2)16-18(11)4/h7H,5-6H2,1-4H3. The topological polar surface area (TPSA) is 64.7 Å². The van der Waals surface area contributed by atoms with E-state index in [4.69, 9.17) is 0 Å². The maximum absolute atomic E-state index is 4.66. The number of rotatable bonds is 4. The van der Waals surface area contributed by atoms with Crippen LogP contribution in [0.15, 0.2) is 6.33 Å². The molecular formula is C12H17N7S. The number of anilines is 1. The molecule has 3 rings (SSSR count). The van der Waals surface area contributed by atoms with Crippen LogP contribution in [0.3, 0.4) is 0 Å². The van der Waals surface area contributed by atoms with Crippen LogP contribution >= 0.6 is 11.3 Å². The van der Waals surface area contributed by atoms with E-state index in [2.05, 4.69) is 32.1 Å². The van der Waals surface area contributed by atoms with Crippen LogP contribution < -0.4 is 4.90 Å². The summed E-state index contributed by atoms with van der Waals surface area (Å²) in [4.78, 5) is 6.75. The van der Waals surface area contributed by atoms with Gasteiger partial charge in [0.25, 0.3) is 0 Å². The Balaban J connectivity index is 1.89. The molecular weight excluding hydrogens is 274 g/mol. The number of aryl methyl sites for hydroxylation is 3.